The van der Waals surface area contributed by atoms with Crippen LogP contribution in [0, 0.1) is 17.6 Å². The van der Waals surface area contributed by atoms with E-state index in [4.69, 9.17) is 0 Å². The Labute approximate surface area is 209 Å². The first-order valence-corrected chi connectivity index (χ1v) is 13.3. The van der Waals surface area contributed by atoms with Gasteiger partial charge in [-0.25, -0.2) is 8.78 Å². The number of aromatic nitrogens is 2. The van der Waals surface area contributed by atoms with Crippen molar-refractivity contribution >= 4 is 22.7 Å². The molecule has 0 unspecified atom stereocenters. The lowest BCUT2D eigenvalue weighted by Gasteiger charge is -2.42. The number of H-pyrrole nitrogens is 1. The molecule has 0 saturated carbocycles. The van der Waals surface area contributed by atoms with Crippen molar-refractivity contribution in [2.75, 3.05) is 33.4 Å². The molecular formula is C27H33F3N4S. The highest BCUT2D eigenvalue weighted by Gasteiger charge is 2.39. The van der Waals surface area contributed by atoms with E-state index in [-0.39, 0.29) is 23.5 Å². The average molecular weight is 503 g/mol. The Morgan fingerprint density at radius 1 is 1.17 bits per heavy atom. The minimum absolute atomic E-state index is 0.00921. The van der Waals surface area contributed by atoms with Gasteiger partial charge in [0.05, 0.1) is 18.4 Å². The summed E-state index contributed by atoms with van der Waals surface area (Å²) in [7, 11) is 2.05. The largest absolute Gasteiger partial charge is 0.301 e. The fourth-order valence-electron chi connectivity index (χ4n) is 5.72. The standard InChI is InChI=1S/C27H33F3N4S/c1-16(2)9-25-26(19-5-6-24-20(12-31-32-24)21(19)15-33(25)3)27-22(29)10-17(11-23(27)30)35-18-13-34(14-18)8-4-7-28/h5-6,10-12,16,18,25-26H,4,7-9,13-15H2,1-3H3,(H,31,32)/t25-,26+/m0/s1. The van der Waals surface area contributed by atoms with Crippen LogP contribution in [0.1, 0.15) is 49.3 Å². The van der Waals surface area contributed by atoms with E-state index in [1.165, 1.54) is 23.9 Å². The van der Waals surface area contributed by atoms with Crippen molar-refractivity contribution in [1.82, 2.24) is 20.0 Å². The number of benzene rings is 2. The number of thioether (sulfide) groups is 1. The van der Waals surface area contributed by atoms with Crippen molar-refractivity contribution in [3.63, 3.8) is 0 Å². The van der Waals surface area contributed by atoms with Crippen LogP contribution < -0.4 is 0 Å². The Morgan fingerprint density at radius 2 is 1.91 bits per heavy atom. The second kappa shape index (κ2) is 10.1. The summed E-state index contributed by atoms with van der Waals surface area (Å²) in [5.74, 6) is -0.963. The number of hydrogen-bond donors (Lipinski definition) is 1. The zero-order valence-electron chi connectivity index (χ0n) is 20.5. The van der Waals surface area contributed by atoms with E-state index in [1.54, 1.807) is 0 Å². The van der Waals surface area contributed by atoms with Crippen molar-refractivity contribution in [3.8, 4) is 0 Å². The maximum absolute atomic E-state index is 15.8. The number of fused-ring (bicyclic) bond motifs is 3. The summed E-state index contributed by atoms with van der Waals surface area (Å²) in [6, 6.07) is 6.99. The number of halogens is 3. The first kappa shape index (κ1) is 24.7. The van der Waals surface area contributed by atoms with Gasteiger partial charge in [0.1, 0.15) is 11.6 Å². The lowest BCUT2D eigenvalue weighted by Crippen LogP contribution is -2.49. The van der Waals surface area contributed by atoms with Crippen LogP contribution >= 0.6 is 11.8 Å². The van der Waals surface area contributed by atoms with E-state index in [1.807, 2.05) is 25.4 Å². The second-order valence-electron chi connectivity index (χ2n) is 10.4. The highest BCUT2D eigenvalue weighted by molar-refractivity contribution is 8.00. The quantitative estimate of drug-likeness (QED) is 0.412. The molecule has 1 saturated heterocycles. The van der Waals surface area contributed by atoms with Crippen molar-refractivity contribution in [3.05, 3.63) is 58.8 Å². The SMILES string of the molecule is CC(C)C[C@H]1[C@H](c2c(F)cc(SC3CN(CCCF)C3)cc2F)c2ccc3[nH]ncc3c2CN1C. The van der Waals surface area contributed by atoms with Gasteiger partial charge >= 0.3 is 0 Å². The molecule has 3 aromatic rings. The lowest BCUT2D eigenvalue weighted by atomic mass is 9.75. The van der Waals surface area contributed by atoms with E-state index >= 15 is 8.78 Å². The summed E-state index contributed by atoms with van der Waals surface area (Å²) in [6.07, 6.45) is 3.19. The highest BCUT2D eigenvalue weighted by atomic mass is 32.2. The fraction of sp³-hybridized carbons (Fsp3) is 0.519. The number of likely N-dealkylation sites (N-methyl/N-ethyl adjacent to an activating group) is 1. The van der Waals surface area contributed by atoms with Crippen molar-refractivity contribution in [2.24, 2.45) is 5.92 Å². The first-order chi connectivity index (χ1) is 16.9. The number of hydrogen-bond acceptors (Lipinski definition) is 4. The number of aromatic amines is 1. The van der Waals surface area contributed by atoms with Gasteiger partial charge in [-0.1, -0.05) is 19.9 Å². The van der Waals surface area contributed by atoms with Crippen LogP contribution in [0.2, 0.25) is 0 Å². The lowest BCUT2D eigenvalue weighted by molar-refractivity contribution is 0.169. The molecule has 2 aromatic carbocycles. The Morgan fingerprint density at radius 3 is 2.60 bits per heavy atom. The van der Waals surface area contributed by atoms with Gasteiger partial charge in [0.25, 0.3) is 0 Å². The molecule has 35 heavy (non-hydrogen) atoms. The molecule has 1 aromatic heterocycles. The molecule has 0 amide bonds. The van der Waals surface area contributed by atoms with E-state index in [0.29, 0.717) is 17.2 Å². The molecular weight excluding hydrogens is 469 g/mol. The zero-order chi connectivity index (χ0) is 24.7. The summed E-state index contributed by atoms with van der Waals surface area (Å²) >= 11 is 1.51. The van der Waals surface area contributed by atoms with Gasteiger partial charge in [0, 0.05) is 59.2 Å². The Bertz CT molecular complexity index is 1170. The molecule has 188 valence electrons. The van der Waals surface area contributed by atoms with E-state index in [0.717, 1.165) is 54.6 Å². The van der Waals surface area contributed by atoms with Crippen LogP contribution in [0.5, 0.6) is 0 Å². The number of alkyl halides is 1. The van der Waals surface area contributed by atoms with Crippen molar-refractivity contribution in [2.45, 2.75) is 55.3 Å². The minimum atomic E-state index is -0.478. The third kappa shape index (κ3) is 4.85. The summed E-state index contributed by atoms with van der Waals surface area (Å²) in [4.78, 5) is 5.04. The average Bonchev–Trinajstić information content (AvgIpc) is 3.26. The van der Waals surface area contributed by atoms with Gasteiger partial charge < -0.3 is 4.90 Å². The predicted octanol–water partition coefficient (Wildman–Crippen LogP) is 5.97. The molecule has 1 fully saturated rings. The van der Waals surface area contributed by atoms with E-state index in [2.05, 4.69) is 33.8 Å². The normalized spacial score (nSPS) is 21.6. The second-order valence-corrected chi connectivity index (χ2v) is 11.8. The molecule has 4 nitrogen and oxygen atoms in total. The number of rotatable bonds is 8. The summed E-state index contributed by atoms with van der Waals surface area (Å²) in [5, 5.41) is 8.50. The smallest absolute Gasteiger partial charge is 0.131 e. The molecule has 2 atom stereocenters. The molecule has 8 heteroatoms. The summed E-state index contributed by atoms with van der Waals surface area (Å²) in [6.45, 7) is 7.11. The van der Waals surface area contributed by atoms with Crippen molar-refractivity contribution < 1.29 is 13.2 Å². The zero-order valence-corrected chi connectivity index (χ0v) is 21.3. The maximum atomic E-state index is 15.8. The molecule has 0 bridgehead atoms. The van der Waals surface area contributed by atoms with Crippen LogP contribution in [-0.4, -0.2) is 64.6 Å². The van der Waals surface area contributed by atoms with Gasteiger partial charge in [-0.15, -0.1) is 11.8 Å². The predicted molar refractivity (Wildman–Crippen MR) is 136 cm³/mol. The number of nitrogens with one attached hydrogen (secondary N) is 1. The van der Waals surface area contributed by atoms with Gasteiger partial charge in [-0.3, -0.25) is 14.4 Å². The molecule has 2 aliphatic heterocycles. The molecule has 1 N–H and O–H groups in total. The Hall–Kier alpha value is -2.03. The van der Waals surface area contributed by atoms with Gasteiger partial charge in [0.2, 0.25) is 0 Å². The molecule has 0 aliphatic carbocycles. The van der Waals surface area contributed by atoms with Gasteiger partial charge in [0.15, 0.2) is 0 Å². The van der Waals surface area contributed by atoms with Crippen LogP contribution in [0.25, 0.3) is 10.9 Å². The number of nitrogens with zero attached hydrogens (tertiary/aromatic N) is 3. The highest BCUT2D eigenvalue weighted by Crippen LogP contribution is 2.44. The number of likely N-dealkylation sites (tertiary alicyclic amines) is 1. The summed E-state index contributed by atoms with van der Waals surface area (Å²) < 4.78 is 43.9. The molecule has 3 heterocycles. The van der Waals surface area contributed by atoms with E-state index < -0.39 is 17.6 Å². The van der Waals surface area contributed by atoms with Crippen LogP contribution in [0.15, 0.2) is 35.4 Å². The van der Waals surface area contributed by atoms with Gasteiger partial charge in [-0.05, 0) is 55.1 Å². The van der Waals surface area contributed by atoms with Crippen LogP contribution in [0.4, 0.5) is 13.2 Å². The topological polar surface area (TPSA) is 35.2 Å². The fourth-order valence-corrected chi connectivity index (χ4v) is 7.02. The molecule has 0 radical (unpaired) electrons. The Kier molecular flexibility index (Phi) is 7.15. The monoisotopic (exact) mass is 502 g/mol. The minimum Gasteiger partial charge on any atom is -0.301 e. The van der Waals surface area contributed by atoms with Gasteiger partial charge in [-0.2, -0.15) is 5.10 Å². The Balaban J connectivity index is 1.48. The van der Waals surface area contributed by atoms with Crippen molar-refractivity contribution in [1.29, 1.82) is 0 Å². The van der Waals surface area contributed by atoms with Crippen LogP contribution in [0.3, 0.4) is 0 Å². The first-order valence-electron chi connectivity index (χ1n) is 12.4. The molecule has 5 rings (SSSR count). The molecule has 2 aliphatic rings. The van der Waals surface area contributed by atoms with Crippen LogP contribution in [-0.2, 0) is 6.54 Å². The third-order valence-electron chi connectivity index (χ3n) is 7.38. The van der Waals surface area contributed by atoms with E-state index in [9.17, 15) is 4.39 Å². The summed E-state index contributed by atoms with van der Waals surface area (Å²) in [5.41, 5.74) is 3.17. The third-order valence-corrected chi connectivity index (χ3v) is 8.52. The molecule has 0 spiro atoms. The maximum Gasteiger partial charge on any atom is 0.131 e.